The van der Waals surface area contributed by atoms with E-state index < -0.39 is 0 Å². The third kappa shape index (κ3) is 2.16. The van der Waals surface area contributed by atoms with Gasteiger partial charge in [-0.1, -0.05) is 0 Å². The van der Waals surface area contributed by atoms with Gasteiger partial charge in [-0.05, 0) is 26.4 Å². The van der Waals surface area contributed by atoms with E-state index in [2.05, 4.69) is 26.6 Å². The minimum atomic E-state index is 0.670. The highest BCUT2D eigenvalue weighted by Crippen LogP contribution is 2.15. The number of hydrogen-bond donors (Lipinski definition) is 1. The minimum absolute atomic E-state index is 0.670. The van der Waals surface area contributed by atoms with Crippen molar-refractivity contribution in [3.63, 3.8) is 0 Å². The quantitative estimate of drug-likeness (QED) is 0.788. The Morgan fingerprint density at radius 2 is 2.69 bits per heavy atom. The molecular weight excluding hydrogens is 184 g/mol. The van der Waals surface area contributed by atoms with Crippen molar-refractivity contribution in [1.82, 2.24) is 14.3 Å². The SMILES string of the molecule is CN1CCCC1CNc1ncns1. The Morgan fingerprint density at radius 3 is 3.31 bits per heavy atom. The number of aromatic nitrogens is 2. The Hall–Kier alpha value is -0.680. The standard InChI is InChI=1S/C8H14N4S/c1-12-4-2-3-7(12)5-9-8-10-6-11-13-8/h6-7H,2-5H2,1H3,(H,9,10,11). The second-order valence-corrected chi connectivity index (χ2v) is 4.18. The molecule has 0 radical (unpaired) electrons. The van der Waals surface area contributed by atoms with Crippen molar-refractivity contribution in [1.29, 1.82) is 0 Å². The number of likely N-dealkylation sites (N-methyl/N-ethyl adjacent to an activating group) is 1. The fourth-order valence-electron chi connectivity index (χ4n) is 1.69. The van der Waals surface area contributed by atoms with Crippen LogP contribution >= 0.6 is 11.5 Å². The van der Waals surface area contributed by atoms with E-state index in [1.807, 2.05) is 0 Å². The molecule has 1 aliphatic rings. The molecule has 72 valence electrons. The Kier molecular flexibility index (Phi) is 2.75. The monoisotopic (exact) mass is 198 g/mol. The molecule has 1 N–H and O–H groups in total. The van der Waals surface area contributed by atoms with Gasteiger partial charge >= 0.3 is 0 Å². The van der Waals surface area contributed by atoms with Crippen LogP contribution in [0.15, 0.2) is 6.33 Å². The van der Waals surface area contributed by atoms with Crippen LogP contribution in [0.2, 0.25) is 0 Å². The number of nitrogens with zero attached hydrogens (tertiary/aromatic N) is 3. The number of likely N-dealkylation sites (tertiary alicyclic amines) is 1. The van der Waals surface area contributed by atoms with E-state index in [1.54, 1.807) is 6.33 Å². The van der Waals surface area contributed by atoms with Crippen LogP contribution in [-0.4, -0.2) is 40.4 Å². The zero-order valence-electron chi connectivity index (χ0n) is 7.73. The van der Waals surface area contributed by atoms with Crippen LogP contribution in [0.5, 0.6) is 0 Å². The van der Waals surface area contributed by atoms with E-state index in [1.165, 1.54) is 30.9 Å². The topological polar surface area (TPSA) is 41.0 Å². The largest absolute Gasteiger partial charge is 0.359 e. The summed E-state index contributed by atoms with van der Waals surface area (Å²) in [6.45, 7) is 2.22. The molecule has 1 aromatic heterocycles. The molecule has 4 nitrogen and oxygen atoms in total. The van der Waals surface area contributed by atoms with Crippen LogP contribution in [0, 0.1) is 0 Å². The lowest BCUT2D eigenvalue weighted by molar-refractivity contribution is 0.322. The smallest absolute Gasteiger partial charge is 0.202 e. The van der Waals surface area contributed by atoms with Gasteiger partial charge in [0.2, 0.25) is 5.13 Å². The molecular formula is C8H14N4S. The Morgan fingerprint density at radius 1 is 1.77 bits per heavy atom. The highest BCUT2D eigenvalue weighted by atomic mass is 32.1. The van der Waals surface area contributed by atoms with E-state index in [0.717, 1.165) is 11.7 Å². The number of rotatable bonds is 3. The molecule has 2 rings (SSSR count). The Balaban J connectivity index is 1.79. The van der Waals surface area contributed by atoms with Crippen molar-refractivity contribution in [2.45, 2.75) is 18.9 Å². The molecule has 1 atom stereocenters. The molecule has 2 heterocycles. The first kappa shape index (κ1) is 8.90. The summed E-state index contributed by atoms with van der Waals surface area (Å²) in [7, 11) is 2.18. The Labute approximate surface area is 82.1 Å². The van der Waals surface area contributed by atoms with Gasteiger partial charge in [0.15, 0.2) is 0 Å². The van der Waals surface area contributed by atoms with Gasteiger partial charge in [0, 0.05) is 24.1 Å². The average molecular weight is 198 g/mol. The zero-order valence-corrected chi connectivity index (χ0v) is 8.55. The maximum absolute atomic E-state index is 4.08. The fourth-order valence-corrected chi connectivity index (χ4v) is 2.13. The van der Waals surface area contributed by atoms with Crippen LogP contribution < -0.4 is 5.32 Å². The van der Waals surface area contributed by atoms with Crippen LogP contribution in [0.1, 0.15) is 12.8 Å². The molecule has 0 aliphatic carbocycles. The highest BCUT2D eigenvalue weighted by molar-refractivity contribution is 7.09. The van der Waals surface area contributed by atoms with Crippen molar-refractivity contribution in [3.8, 4) is 0 Å². The second kappa shape index (κ2) is 4.02. The van der Waals surface area contributed by atoms with Crippen LogP contribution in [0.4, 0.5) is 5.13 Å². The van der Waals surface area contributed by atoms with Gasteiger partial charge < -0.3 is 10.2 Å². The maximum Gasteiger partial charge on any atom is 0.202 e. The normalized spacial score (nSPS) is 23.6. The summed E-state index contributed by atoms with van der Waals surface area (Å²) in [4.78, 5) is 6.48. The van der Waals surface area contributed by atoms with Gasteiger partial charge in [-0.15, -0.1) is 0 Å². The molecule has 0 saturated carbocycles. The van der Waals surface area contributed by atoms with Crippen LogP contribution in [-0.2, 0) is 0 Å². The van der Waals surface area contributed by atoms with E-state index in [9.17, 15) is 0 Å². The summed E-state index contributed by atoms with van der Waals surface area (Å²) in [6, 6.07) is 0.670. The van der Waals surface area contributed by atoms with Gasteiger partial charge in [-0.25, -0.2) is 4.98 Å². The number of nitrogens with one attached hydrogen (secondary N) is 1. The van der Waals surface area contributed by atoms with Crippen molar-refractivity contribution in [2.24, 2.45) is 0 Å². The fraction of sp³-hybridized carbons (Fsp3) is 0.750. The first-order chi connectivity index (χ1) is 6.36. The molecule has 0 bridgehead atoms. The van der Waals surface area contributed by atoms with Crippen molar-refractivity contribution in [2.75, 3.05) is 25.5 Å². The van der Waals surface area contributed by atoms with E-state index in [0.29, 0.717) is 6.04 Å². The zero-order chi connectivity index (χ0) is 9.10. The summed E-state index contributed by atoms with van der Waals surface area (Å²) < 4.78 is 3.94. The van der Waals surface area contributed by atoms with Crippen LogP contribution in [0.25, 0.3) is 0 Å². The predicted octanol–water partition coefficient (Wildman–Crippen LogP) is 1.04. The molecule has 13 heavy (non-hydrogen) atoms. The molecule has 1 aliphatic heterocycles. The molecule has 1 saturated heterocycles. The van der Waals surface area contributed by atoms with Crippen molar-refractivity contribution < 1.29 is 0 Å². The van der Waals surface area contributed by atoms with Gasteiger partial charge in [0.25, 0.3) is 0 Å². The molecule has 1 unspecified atom stereocenters. The van der Waals surface area contributed by atoms with Gasteiger partial charge in [-0.3, -0.25) is 0 Å². The van der Waals surface area contributed by atoms with Gasteiger partial charge in [-0.2, -0.15) is 4.37 Å². The maximum atomic E-state index is 4.08. The van der Waals surface area contributed by atoms with E-state index in [4.69, 9.17) is 0 Å². The molecule has 5 heteroatoms. The predicted molar refractivity (Wildman–Crippen MR) is 54.1 cm³/mol. The lowest BCUT2D eigenvalue weighted by Crippen LogP contribution is -2.31. The molecule has 0 amide bonds. The summed E-state index contributed by atoms with van der Waals surface area (Å²) in [5.41, 5.74) is 0. The molecule has 0 aromatic carbocycles. The Bertz CT molecular complexity index is 249. The van der Waals surface area contributed by atoms with Gasteiger partial charge in [0.1, 0.15) is 6.33 Å². The highest BCUT2D eigenvalue weighted by Gasteiger charge is 2.20. The summed E-state index contributed by atoms with van der Waals surface area (Å²) in [5.74, 6) is 0. The van der Waals surface area contributed by atoms with Crippen molar-refractivity contribution >= 4 is 16.7 Å². The first-order valence-electron chi connectivity index (χ1n) is 4.57. The third-order valence-electron chi connectivity index (χ3n) is 2.52. The van der Waals surface area contributed by atoms with E-state index >= 15 is 0 Å². The number of anilines is 1. The molecule has 1 aromatic rings. The van der Waals surface area contributed by atoms with Gasteiger partial charge in [0.05, 0.1) is 0 Å². The summed E-state index contributed by atoms with van der Waals surface area (Å²) in [5, 5.41) is 4.23. The minimum Gasteiger partial charge on any atom is -0.359 e. The molecule has 0 spiro atoms. The second-order valence-electron chi connectivity index (χ2n) is 3.40. The summed E-state index contributed by atoms with van der Waals surface area (Å²) >= 11 is 1.42. The first-order valence-corrected chi connectivity index (χ1v) is 5.34. The number of hydrogen-bond acceptors (Lipinski definition) is 5. The molecule has 1 fully saturated rings. The van der Waals surface area contributed by atoms with E-state index in [-0.39, 0.29) is 0 Å². The lowest BCUT2D eigenvalue weighted by atomic mass is 10.2. The average Bonchev–Trinajstić information content (AvgIpc) is 2.72. The third-order valence-corrected chi connectivity index (χ3v) is 3.14. The van der Waals surface area contributed by atoms with Crippen molar-refractivity contribution in [3.05, 3.63) is 6.33 Å². The summed E-state index contributed by atoms with van der Waals surface area (Å²) in [6.07, 6.45) is 4.20. The lowest BCUT2D eigenvalue weighted by Gasteiger charge is -2.18. The van der Waals surface area contributed by atoms with Crippen LogP contribution in [0.3, 0.4) is 0 Å².